The molecule has 91 heavy (non-hydrogen) atoms. The lowest BCUT2D eigenvalue weighted by Crippen LogP contribution is -2.60. The molecule has 0 saturated carbocycles. The summed E-state index contributed by atoms with van der Waals surface area (Å²) in [4.78, 5) is 150. The van der Waals surface area contributed by atoms with Crippen LogP contribution in [0.25, 0.3) is 0 Å². The molecule has 0 fully saturated rings. The molecule has 510 valence electrons. The van der Waals surface area contributed by atoms with Crippen molar-refractivity contribution in [3.05, 3.63) is 52.5 Å². The van der Waals surface area contributed by atoms with E-state index in [1.54, 1.807) is 50.9 Å². The summed E-state index contributed by atoms with van der Waals surface area (Å²) in [5.74, 6) is -7.89. The number of thiazole rings is 1. The predicted octanol–water partition coefficient (Wildman–Crippen LogP) is 3.08. The summed E-state index contributed by atoms with van der Waals surface area (Å²) in [6, 6.07) is -0.204. The van der Waals surface area contributed by atoms with Crippen LogP contribution in [0.15, 0.2) is 36.2 Å². The highest BCUT2D eigenvalue weighted by molar-refractivity contribution is 7.09. The molecule has 29 heteroatoms. The molecule has 0 spiro atoms. The van der Waals surface area contributed by atoms with Gasteiger partial charge in [-0.2, -0.15) is 0 Å². The van der Waals surface area contributed by atoms with Crippen molar-refractivity contribution in [1.29, 1.82) is 0 Å². The molecule has 8 atom stereocenters. The van der Waals surface area contributed by atoms with Crippen molar-refractivity contribution in [1.82, 2.24) is 46.7 Å². The first kappa shape index (κ1) is 79.7. The number of carboxylic acid groups (broad SMARTS) is 1. The highest BCUT2D eigenvalue weighted by Gasteiger charge is 2.39. The number of benzene rings is 1. The maximum atomic E-state index is 14.4. The largest absolute Gasteiger partial charge is 0.481 e. The first-order valence-electron chi connectivity index (χ1n) is 30.4. The van der Waals surface area contributed by atoms with Crippen LogP contribution in [0.3, 0.4) is 0 Å². The van der Waals surface area contributed by atoms with Crippen LogP contribution >= 0.6 is 11.3 Å². The zero-order chi connectivity index (χ0) is 68.5. The summed E-state index contributed by atoms with van der Waals surface area (Å²) in [6.45, 7) is 23.2. The standard InChI is InChI=1S/C62H98N10O18S/c1-16-38(5)54(70-61(84)62(11,12)71(13)14)59(81)72(15)48(37(3)4)35-50(89-43(10)74)58-69-47(36-91-58)57(80)67-45(32-39(6)60(82)83)33-44-18-19-49(90-53(77)21-25-86-29-31-88-27-23-64-51(75)17-2)46(34-44)68-56(79)41(8)66-55(78)40(7)65-52(76)20-24-85-28-30-87-26-22-63-42(9)73/h17-19,34,36-41,45,48,50,54H,2,16,20-33,35H2,1,3-15H3,(H,63,73)(H,64,75)(H,65,76)(H,66,78)(H,67,80)(H,68,79)(H,70,84)(H,82,83)/t38-,39?,40?,41?,45+,48+,50+,54-/m0/s1. The van der Waals surface area contributed by atoms with E-state index in [0.29, 0.717) is 25.1 Å². The van der Waals surface area contributed by atoms with E-state index in [4.69, 9.17) is 28.4 Å². The van der Waals surface area contributed by atoms with Crippen LogP contribution in [0, 0.1) is 17.8 Å². The normalized spacial score (nSPS) is 14.0. The van der Waals surface area contributed by atoms with Gasteiger partial charge in [0.2, 0.25) is 41.4 Å². The van der Waals surface area contributed by atoms with Gasteiger partial charge in [0.1, 0.15) is 28.8 Å². The zero-order valence-electron chi connectivity index (χ0n) is 55.2. The molecule has 1 aromatic heterocycles. The number of nitrogens with zero attached hydrogens (tertiary/aromatic N) is 3. The molecule has 0 bridgehead atoms. The Kier molecular flexibility index (Phi) is 36.0. The molecule has 0 aliphatic heterocycles. The smallest absolute Gasteiger partial charge is 0.313 e. The topological polar surface area (TPSA) is 367 Å². The summed E-state index contributed by atoms with van der Waals surface area (Å²) in [7, 11) is 5.19. The third-order valence-electron chi connectivity index (χ3n) is 14.8. The second-order valence-corrected chi connectivity index (χ2v) is 23.9. The van der Waals surface area contributed by atoms with Crippen LogP contribution < -0.4 is 42.0 Å². The molecule has 3 unspecified atom stereocenters. The van der Waals surface area contributed by atoms with Gasteiger partial charge in [-0.05, 0) is 90.2 Å². The number of hydrogen-bond acceptors (Lipinski definition) is 20. The number of carbonyl (C=O) groups excluding carboxylic acids is 10. The first-order valence-corrected chi connectivity index (χ1v) is 31.3. The number of carboxylic acids is 1. The Morgan fingerprint density at radius 2 is 1.34 bits per heavy atom. The van der Waals surface area contributed by atoms with Gasteiger partial charge in [-0.3, -0.25) is 57.6 Å². The van der Waals surface area contributed by atoms with Crippen LogP contribution in [0.5, 0.6) is 5.75 Å². The number of anilines is 1. The lowest BCUT2D eigenvalue weighted by Gasteiger charge is -2.38. The van der Waals surface area contributed by atoms with Crippen molar-refractivity contribution in [2.24, 2.45) is 17.8 Å². The third kappa shape index (κ3) is 29.6. The number of hydrogen-bond donors (Lipinski definition) is 8. The van der Waals surface area contributed by atoms with Gasteiger partial charge in [-0.15, -0.1) is 11.3 Å². The molecule has 1 heterocycles. The number of aliphatic carboxylic acids is 1. The fourth-order valence-electron chi connectivity index (χ4n) is 8.56. The predicted molar refractivity (Wildman–Crippen MR) is 338 cm³/mol. The summed E-state index contributed by atoms with van der Waals surface area (Å²) in [6.07, 6.45) is 0.350. The molecular weight excluding hydrogens is 1200 g/mol. The fraction of sp³-hybridized carbons (Fsp3) is 0.645. The van der Waals surface area contributed by atoms with Crippen LogP contribution in [0.2, 0.25) is 0 Å². The molecule has 0 aliphatic rings. The molecule has 0 saturated heterocycles. The Balaban J connectivity index is 2.41. The molecule has 28 nitrogen and oxygen atoms in total. The van der Waals surface area contributed by atoms with Gasteiger partial charge in [0, 0.05) is 64.3 Å². The third-order valence-corrected chi connectivity index (χ3v) is 15.7. The zero-order valence-corrected chi connectivity index (χ0v) is 56.1. The van der Waals surface area contributed by atoms with Gasteiger partial charge >= 0.3 is 17.9 Å². The van der Waals surface area contributed by atoms with Gasteiger partial charge in [0.15, 0.2) is 11.9 Å². The number of ether oxygens (including phenoxy) is 6. The molecule has 1 aromatic carbocycles. The van der Waals surface area contributed by atoms with E-state index >= 15 is 0 Å². The van der Waals surface area contributed by atoms with Gasteiger partial charge in [0.25, 0.3) is 5.91 Å². The average Bonchev–Trinajstić information content (AvgIpc) is 1.77. The van der Waals surface area contributed by atoms with Gasteiger partial charge < -0.3 is 75.6 Å². The number of likely N-dealkylation sites (N-methyl/N-ethyl adjacent to an activating group) is 2. The quantitative estimate of drug-likeness (QED) is 0.0204. The van der Waals surface area contributed by atoms with Crippen molar-refractivity contribution < 1.29 is 86.3 Å². The first-order chi connectivity index (χ1) is 42.8. The monoisotopic (exact) mass is 1300 g/mol. The van der Waals surface area contributed by atoms with Crippen LogP contribution in [0.4, 0.5) is 5.69 Å². The second-order valence-electron chi connectivity index (χ2n) is 23.0. The van der Waals surface area contributed by atoms with E-state index in [-0.39, 0.29) is 143 Å². The van der Waals surface area contributed by atoms with Crippen molar-refractivity contribution in [2.75, 3.05) is 92.4 Å². The fourth-order valence-corrected chi connectivity index (χ4v) is 9.40. The van der Waals surface area contributed by atoms with E-state index in [0.717, 1.165) is 17.4 Å². The molecule has 8 N–H and O–H groups in total. The maximum absolute atomic E-state index is 14.4. The number of aromatic nitrogens is 1. The van der Waals surface area contributed by atoms with Gasteiger partial charge in [-0.1, -0.05) is 53.7 Å². The van der Waals surface area contributed by atoms with Crippen LogP contribution in [-0.4, -0.2) is 208 Å². The Bertz CT molecular complexity index is 2740. The summed E-state index contributed by atoms with van der Waals surface area (Å²) in [5, 5.41) is 30.6. The molecule has 2 rings (SSSR count). The van der Waals surface area contributed by atoms with Crippen molar-refractivity contribution in [3.8, 4) is 5.75 Å². The number of esters is 2. The van der Waals surface area contributed by atoms with E-state index in [9.17, 15) is 57.8 Å². The summed E-state index contributed by atoms with van der Waals surface area (Å²) < 4.78 is 33.2. The lowest BCUT2D eigenvalue weighted by molar-refractivity contribution is -0.149. The van der Waals surface area contributed by atoms with Crippen LogP contribution in [0.1, 0.15) is 135 Å². The van der Waals surface area contributed by atoms with E-state index in [2.05, 4.69) is 48.8 Å². The number of nitrogens with one attached hydrogen (secondary N) is 7. The Morgan fingerprint density at radius 3 is 1.90 bits per heavy atom. The van der Waals surface area contributed by atoms with Crippen molar-refractivity contribution in [3.63, 3.8) is 0 Å². The Morgan fingerprint density at radius 1 is 0.747 bits per heavy atom. The lowest BCUT2D eigenvalue weighted by atomic mass is 9.92. The Labute approximate surface area is 538 Å². The second kappa shape index (κ2) is 41.1. The van der Waals surface area contributed by atoms with Crippen molar-refractivity contribution >= 4 is 82.2 Å². The van der Waals surface area contributed by atoms with Crippen LogP contribution in [-0.2, 0) is 78.1 Å². The molecule has 0 radical (unpaired) electrons. The SMILES string of the molecule is C=CC(=O)NCCOCCOCCC(=O)Oc1ccc(C[C@@H](CC(C)C(=O)O)NC(=O)c2csc([C@@H](C[C@H](C(C)C)N(C)C(=O)[C@@H](NC(=O)C(C)(C)N(C)C)[C@@H](C)CC)OC(C)=O)n2)cc1NC(=O)C(C)NC(=O)C(C)NC(=O)CCOCCOCCNC(C)=O. The highest BCUT2D eigenvalue weighted by Crippen LogP contribution is 2.32. The summed E-state index contributed by atoms with van der Waals surface area (Å²) in [5.41, 5.74) is -0.606. The minimum Gasteiger partial charge on any atom is -0.481 e. The van der Waals surface area contributed by atoms with Gasteiger partial charge in [-0.25, -0.2) is 4.98 Å². The number of amides is 8. The molecule has 8 amide bonds. The Hall–Kier alpha value is -7.44. The molecular formula is C62H98N10O18S. The minimum absolute atomic E-state index is 0.0328. The van der Waals surface area contributed by atoms with E-state index in [1.807, 2.05) is 27.7 Å². The summed E-state index contributed by atoms with van der Waals surface area (Å²) >= 11 is 1.04. The van der Waals surface area contributed by atoms with E-state index in [1.165, 1.54) is 52.1 Å². The minimum atomic E-state index is -1.23. The van der Waals surface area contributed by atoms with E-state index < -0.39 is 89.3 Å². The number of rotatable bonds is 44. The maximum Gasteiger partial charge on any atom is 0.313 e. The van der Waals surface area contributed by atoms with Gasteiger partial charge in [0.05, 0.1) is 76.4 Å². The number of carbonyl (C=O) groups is 11. The van der Waals surface area contributed by atoms with Crippen molar-refractivity contribution in [2.45, 2.75) is 157 Å². The average molecular weight is 1300 g/mol. The molecule has 2 aromatic rings. The highest BCUT2D eigenvalue weighted by atomic mass is 32.1. The molecule has 0 aliphatic carbocycles.